The van der Waals surface area contributed by atoms with Gasteiger partial charge in [0.1, 0.15) is 6.04 Å². The second-order valence-electron chi connectivity index (χ2n) is 7.60. The van der Waals surface area contributed by atoms with Crippen LogP contribution >= 0.6 is 0 Å². The molecule has 7 nitrogen and oxygen atoms in total. The van der Waals surface area contributed by atoms with Crippen molar-refractivity contribution in [3.05, 3.63) is 78.6 Å². The van der Waals surface area contributed by atoms with E-state index in [2.05, 4.69) is 10.4 Å². The molecule has 1 saturated heterocycles. The topological polar surface area (TPSA) is 84.3 Å². The van der Waals surface area contributed by atoms with E-state index in [4.69, 9.17) is 0 Å². The third-order valence-corrected chi connectivity index (χ3v) is 7.45. The van der Waals surface area contributed by atoms with Crippen LogP contribution in [0.15, 0.2) is 78.0 Å². The highest BCUT2D eigenvalue weighted by Crippen LogP contribution is 2.25. The van der Waals surface area contributed by atoms with Crippen molar-refractivity contribution in [3.63, 3.8) is 0 Å². The lowest BCUT2D eigenvalue weighted by Crippen LogP contribution is -2.52. The molecule has 0 saturated carbocycles. The van der Waals surface area contributed by atoms with Crippen LogP contribution in [-0.4, -0.2) is 47.5 Å². The van der Waals surface area contributed by atoms with Crippen LogP contribution in [0.3, 0.4) is 0 Å². The highest BCUT2D eigenvalue weighted by molar-refractivity contribution is 7.89. The zero-order valence-corrected chi connectivity index (χ0v) is 18.0. The van der Waals surface area contributed by atoms with E-state index in [1.54, 1.807) is 41.2 Å². The molecule has 0 radical (unpaired) electrons. The minimum atomic E-state index is -3.70. The maximum Gasteiger partial charge on any atom is 0.243 e. The summed E-state index contributed by atoms with van der Waals surface area (Å²) in [6.07, 6.45) is 6.43. The van der Waals surface area contributed by atoms with Crippen molar-refractivity contribution in [2.75, 3.05) is 13.1 Å². The third-order valence-electron chi connectivity index (χ3n) is 5.52. The number of carbonyl (C=O) groups excluding carboxylic acids is 1. The summed E-state index contributed by atoms with van der Waals surface area (Å²) in [6, 6.07) is 17.5. The first kappa shape index (κ1) is 21.3. The fourth-order valence-corrected chi connectivity index (χ4v) is 5.54. The lowest BCUT2D eigenvalue weighted by Gasteiger charge is -2.33. The Bertz CT molecular complexity index is 1100. The second-order valence-corrected chi connectivity index (χ2v) is 9.49. The molecule has 0 spiro atoms. The first-order valence-electron chi connectivity index (χ1n) is 10.5. The second kappa shape index (κ2) is 9.45. The van der Waals surface area contributed by atoms with Crippen LogP contribution in [0.4, 0.5) is 0 Å². The monoisotopic (exact) mass is 438 g/mol. The largest absolute Gasteiger partial charge is 0.354 e. The van der Waals surface area contributed by atoms with Crippen molar-refractivity contribution in [2.24, 2.45) is 0 Å². The average Bonchev–Trinajstić information content (AvgIpc) is 3.35. The summed E-state index contributed by atoms with van der Waals surface area (Å²) >= 11 is 0. The van der Waals surface area contributed by atoms with Gasteiger partial charge in [-0.15, -0.1) is 0 Å². The van der Waals surface area contributed by atoms with E-state index in [1.807, 2.05) is 36.5 Å². The molecule has 0 bridgehead atoms. The van der Waals surface area contributed by atoms with Gasteiger partial charge < -0.3 is 5.32 Å². The fourth-order valence-electron chi connectivity index (χ4n) is 3.87. The summed E-state index contributed by atoms with van der Waals surface area (Å²) in [4.78, 5) is 13.1. The molecule has 2 heterocycles. The summed E-state index contributed by atoms with van der Waals surface area (Å²) in [5.74, 6) is -0.229. The van der Waals surface area contributed by atoms with Gasteiger partial charge in [0, 0.05) is 25.5 Å². The predicted octanol–water partition coefficient (Wildman–Crippen LogP) is 2.77. The molecule has 0 aliphatic carbocycles. The fraction of sp³-hybridized carbons (Fsp3) is 0.304. The Morgan fingerprint density at radius 3 is 2.52 bits per heavy atom. The van der Waals surface area contributed by atoms with Gasteiger partial charge in [-0.3, -0.25) is 4.79 Å². The molecule has 1 unspecified atom stereocenters. The molecule has 1 aliphatic heterocycles. The van der Waals surface area contributed by atoms with Crippen molar-refractivity contribution in [3.8, 4) is 5.69 Å². The van der Waals surface area contributed by atoms with Crippen LogP contribution in [0.5, 0.6) is 0 Å². The van der Waals surface area contributed by atoms with Gasteiger partial charge >= 0.3 is 0 Å². The van der Waals surface area contributed by atoms with E-state index in [1.165, 1.54) is 4.31 Å². The number of piperidine rings is 1. The highest BCUT2D eigenvalue weighted by Gasteiger charge is 2.37. The molecule has 1 atom stereocenters. The Balaban J connectivity index is 1.37. The lowest BCUT2D eigenvalue weighted by atomic mass is 10.0. The minimum Gasteiger partial charge on any atom is -0.354 e. The quantitative estimate of drug-likeness (QED) is 0.615. The van der Waals surface area contributed by atoms with Gasteiger partial charge in [0.25, 0.3) is 0 Å². The number of hydrogen-bond acceptors (Lipinski definition) is 4. The Morgan fingerprint density at radius 2 is 1.81 bits per heavy atom. The van der Waals surface area contributed by atoms with E-state index in [0.717, 1.165) is 24.1 Å². The van der Waals surface area contributed by atoms with Crippen LogP contribution in [0.25, 0.3) is 5.69 Å². The van der Waals surface area contributed by atoms with Gasteiger partial charge in [-0.1, -0.05) is 36.8 Å². The van der Waals surface area contributed by atoms with Gasteiger partial charge in [-0.05, 0) is 55.2 Å². The van der Waals surface area contributed by atoms with E-state index >= 15 is 0 Å². The number of hydrogen-bond donors (Lipinski definition) is 1. The average molecular weight is 439 g/mol. The van der Waals surface area contributed by atoms with Crippen molar-refractivity contribution in [1.29, 1.82) is 0 Å². The van der Waals surface area contributed by atoms with E-state index < -0.39 is 16.1 Å². The Morgan fingerprint density at radius 1 is 1.03 bits per heavy atom. The summed E-state index contributed by atoms with van der Waals surface area (Å²) in [7, 11) is -3.70. The molecule has 31 heavy (non-hydrogen) atoms. The van der Waals surface area contributed by atoms with Crippen molar-refractivity contribution >= 4 is 15.9 Å². The molecule has 1 aromatic heterocycles. The highest BCUT2D eigenvalue weighted by atomic mass is 32.2. The molecule has 162 valence electrons. The molecule has 1 N–H and O–H groups in total. The molecule has 1 aliphatic rings. The zero-order chi connectivity index (χ0) is 21.7. The number of rotatable bonds is 7. The van der Waals surface area contributed by atoms with Crippen molar-refractivity contribution < 1.29 is 13.2 Å². The lowest BCUT2D eigenvalue weighted by molar-refractivity contribution is -0.125. The maximum atomic E-state index is 13.1. The van der Waals surface area contributed by atoms with Crippen LogP contribution < -0.4 is 5.32 Å². The first-order chi connectivity index (χ1) is 15.1. The normalized spacial score (nSPS) is 17.4. The van der Waals surface area contributed by atoms with Crippen molar-refractivity contribution in [2.45, 2.75) is 36.6 Å². The van der Waals surface area contributed by atoms with Crippen LogP contribution in [0.1, 0.15) is 24.8 Å². The number of benzene rings is 2. The molecular weight excluding hydrogens is 412 g/mol. The van der Waals surface area contributed by atoms with Gasteiger partial charge in [-0.25, -0.2) is 13.1 Å². The first-order valence-corrected chi connectivity index (χ1v) is 11.9. The molecule has 2 aromatic carbocycles. The van der Waals surface area contributed by atoms with Gasteiger partial charge in [0.05, 0.1) is 10.6 Å². The third kappa shape index (κ3) is 4.86. The minimum absolute atomic E-state index is 0.229. The number of carbonyl (C=O) groups is 1. The van der Waals surface area contributed by atoms with Crippen LogP contribution in [0, 0.1) is 0 Å². The molecule has 3 aromatic rings. The summed E-state index contributed by atoms with van der Waals surface area (Å²) in [5.41, 5.74) is 2.07. The predicted molar refractivity (Wildman–Crippen MR) is 118 cm³/mol. The van der Waals surface area contributed by atoms with Gasteiger partial charge in [-0.2, -0.15) is 9.40 Å². The van der Waals surface area contributed by atoms with E-state index in [-0.39, 0.29) is 10.8 Å². The number of amides is 1. The zero-order valence-electron chi connectivity index (χ0n) is 17.2. The standard InChI is InChI=1S/C23H26N4O3S/c28-23(24-16-14-19-10-12-20(13-11-19)26-17-6-15-25-26)22-9-4-5-18-27(22)31(29,30)21-7-2-1-3-8-21/h1-3,6-8,10-13,15,17,22H,4-5,9,14,16,18H2,(H,24,28). The smallest absolute Gasteiger partial charge is 0.243 e. The van der Waals surface area contributed by atoms with Gasteiger partial charge in [0.15, 0.2) is 0 Å². The van der Waals surface area contributed by atoms with Gasteiger partial charge in [0.2, 0.25) is 15.9 Å². The maximum absolute atomic E-state index is 13.1. The van der Waals surface area contributed by atoms with E-state index in [0.29, 0.717) is 25.9 Å². The molecule has 8 heteroatoms. The number of nitrogens with one attached hydrogen (secondary N) is 1. The molecule has 1 amide bonds. The van der Waals surface area contributed by atoms with Crippen LogP contribution in [0.2, 0.25) is 0 Å². The van der Waals surface area contributed by atoms with Crippen LogP contribution in [-0.2, 0) is 21.2 Å². The summed E-state index contributed by atoms with van der Waals surface area (Å²) in [5, 5.41) is 7.14. The van der Waals surface area contributed by atoms with Crippen molar-refractivity contribution in [1.82, 2.24) is 19.4 Å². The number of aromatic nitrogens is 2. The number of sulfonamides is 1. The van der Waals surface area contributed by atoms with E-state index in [9.17, 15) is 13.2 Å². The molecule has 1 fully saturated rings. The SMILES string of the molecule is O=C(NCCc1ccc(-n2cccn2)cc1)C1CCCCN1S(=O)(=O)c1ccccc1. The Kier molecular flexibility index (Phi) is 6.48. The number of nitrogens with zero attached hydrogens (tertiary/aromatic N) is 3. The molecule has 4 rings (SSSR count). The Labute approximate surface area is 182 Å². The summed E-state index contributed by atoms with van der Waals surface area (Å²) in [6.45, 7) is 0.819. The molecular formula is C23H26N4O3S. The Hall–Kier alpha value is -2.97. The summed E-state index contributed by atoms with van der Waals surface area (Å²) < 4.78 is 29.3.